The molecule has 5 heteroatoms. The Bertz CT molecular complexity index is 645. The number of hydrogen-bond donors (Lipinski definition) is 0. The second kappa shape index (κ2) is 5.82. The number of benzene rings is 1. The SMILES string of the molecule is Cc1cccc(N2CCN(C(=O)c3ccc(Cl)o3)CC2)c1. The molecule has 2 aromatic rings. The zero-order chi connectivity index (χ0) is 14.8. The Labute approximate surface area is 128 Å². The summed E-state index contributed by atoms with van der Waals surface area (Å²) in [7, 11) is 0. The van der Waals surface area contributed by atoms with E-state index < -0.39 is 0 Å². The highest BCUT2D eigenvalue weighted by Gasteiger charge is 2.24. The number of furan rings is 1. The lowest BCUT2D eigenvalue weighted by Crippen LogP contribution is -2.48. The average Bonchev–Trinajstić information content (AvgIpc) is 2.93. The number of carbonyl (C=O) groups is 1. The van der Waals surface area contributed by atoms with Crippen molar-refractivity contribution >= 4 is 23.2 Å². The molecule has 0 bridgehead atoms. The second-order valence-corrected chi connectivity index (χ2v) is 5.59. The van der Waals surface area contributed by atoms with Gasteiger partial charge in [0.1, 0.15) is 0 Å². The van der Waals surface area contributed by atoms with Crippen molar-refractivity contribution in [1.29, 1.82) is 0 Å². The van der Waals surface area contributed by atoms with Crippen molar-refractivity contribution in [3.05, 3.63) is 52.9 Å². The zero-order valence-corrected chi connectivity index (χ0v) is 12.6. The zero-order valence-electron chi connectivity index (χ0n) is 11.9. The molecule has 1 amide bonds. The summed E-state index contributed by atoms with van der Waals surface area (Å²) in [6.45, 7) is 5.10. The molecule has 0 saturated carbocycles. The summed E-state index contributed by atoms with van der Waals surface area (Å²) < 4.78 is 5.19. The Hall–Kier alpha value is -1.94. The standard InChI is InChI=1S/C16H17ClN2O2/c1-12-3-2-4-13(11-12)18-7-9-19(10-8-18)16(20)14-5-6-15(17)21-14/h2-6,11H,7-10H2,1H3. The minimum atomic E-state index is -0.0919. The lowest BCUT2D eigenvalue weighted by Gasteiger charge is -2.35. The molecule has 0 aliphatic carbocycles. The van der Waals surface area contributed by atoms with E-state index in [0.717, 1.165) is 13.1 Å². The number of hydrogen-bond acceptors (Lipinski definition) is 3. The lowest BCUT2D eigenvalue weighted by atomic mass is 10.2. The van der Waals surface area contributed by atoms with Crippen LogP contribution in [0.25, 0.3) is 0 Å². The molecule has 4 nitrogen and oxygen atoms in total. The van der Waals surface area contributed by atoms with Crippen LogP contribution >= 0.6 is 11.6 Å². The van der Waals surface area contributed by atoms with Crippen LogP contribution in [0.4, 0.5) is 5.69 Å². The number of aryl methyl sites for hydroxylation is 1. The van der Waals surface area contributed by atoms with Crippen LogP contribution < -0.4 is 4.90 Å². The summed E-state index contributed by atoms with van der Waals surface area (Å²) >= 11 is 5.72. The maximum atomic E-state index is 12.3. The third-order valence-corrected chi connectivity index (χ3v) is 3.92. The molecule has 0 radical (unpaired) electrons. The Morgan fingerprint density at radius 2 is 1.90 bits per heavy atom. The van der Waals surface area contributed by atoms with E-state index in [1.54, 1.807) is 12.1 Å². The van der Waals surface area contributed by atoms with Crippen molar-refractivity contribution in [3.63, 3.8) is 0 Å². The summed E-state index contributed by atoms with van der Waals surface area (Å²) in [6, 6.07) is 11.6. The van der Waals surface area contributed by atoms with Crippen LogP contribution in [0.1, 0.15) is 16.1 Å². The van der Waals surface area contributed by atoms with Crippen LogP contribution in [0.3, 0.4) is 0 Å². The molecule has 110 valence electrons. The molecule has 1 aromatic carbocycles. The van der Waals surface area contributed by atoms with E-state index in [4.69, 9.17) is 16.0 Å². The smallest absolute Gasteiger partial charge is 0.289 e. The maximum Gasteiger partial charge on any atom is 0.289 e. The molecule has 1 aliphatic rings. The highest BCUT2D eigenvalue weighted by molar-refractivity contribution is 6.29. The largest absolute Gasteiger partial charge is 0.440 e. The van der Waals surface area contributed by atoms with Gasteiger partial charge in [0.25, 0.3) is 5.91 Å². The lowest BCUT2D eigenvalue weighted by molar-refractivity contribution is 0.0715. The van der Waals surface area contributed by atoms with Gasteiger partial charge in [0, 0.05) is 31.9 Å². The van der Waals surface area contributed by atoms with Gasteiger partial charge in [-0.15, -0.1) is 0 Å². The van der Waals surface area contributed by atoms with Crippen LogP contribution in [0.15, 0.2) is 40.8 Å². The Morgan fingerprint density at radius 1 is 1.14 bits per heavy atom. The highest BCUT2D eigenvalue weighted by Crippen LogP contribution is 2.20. The minimum Gasteiger partial charge on any atom is -0.440 e. The quantitative estimate of drug-likeness (QED) is 0.855. The molecule has 0 unspecified atom stereocenters. The van der Waals surface area contributed by atoms with Gasteiger partial charge in [0.2, 0.25) is 0 Å². The van der Waals surface area contributed by atoms with Crippen LogP contribution in [-0.2, 0) is 0 Å². The predicted molar refractivity (Wildman–Crippen MR) is 83.0 cm³/mol. The number of piperazine rings is 1. The monoisotopic (exact) mass is 304 g/mol. The first-order chi connectivity index (χ1) is 10.1. The van der Waals surface area contributed by atoms with Crippen molar-refractivity contribution in [1.82, 2.24) is 4.90 Å². The third kappa shape index (κ3) is 3.05. The number of anilines is 1. The predicted octanol–water partition coefficient (Wildman–Crippen LogP) is 3.20. The summed E-state index contributed by atoms with van der Waals surface area (Å²) in [5.41, 5.74) is 2.46. The summed E-state index contributed by atoms with van der Waals surface area (Å²) in [5, 5.41) is 0.247. The molecule has 0 atom stereocenters. The fraction of sp³-hybridized carbons (Fsp3) is 0.312. The van der Waals surface area contributed by atoms with Gasteiger partial charge < -0.3 is 14.2 Å². The Balaban J connectivity index is 1.64. The third-order valence-electron chi connectivity index (χ3n) is 3.72. The fourth-order valence-corrected chi connectivity index (χ4v) is 2.72. The van der Waals surface area contributed by atoms with Crippen molar-refractivity contribution in [3.8, 4) is 0 Å². The van der Waals surface area contributed by atoms with E-state index in [1.807, 2.05) is 4.90 Å². The van der Waals surface area contributed by atoms with Crippen LogP contribution in [0.2, 0.25) is 5.22 Å². The molecule has 0 spiro atoms. The normalized spacial score (nSPS) is 15.3. The first-order valence-corrected chi connectivity index (χ1v) is 7.37. The topological polar surface area (TPSA) is 36.7 Å². The van der Waals surface area contributed by atoms with Crippen molar-refractivity contribution in [2.75, 3.05) is 31.1 Å². The number of halogens is 1. The minimum absolute atomic E-state index is 0.0919. The average molecular weight is 305 g/mol. The molecule has 0 N–H and O–H groups in total. The van der Waals surface area contributed by atoms with Gasteiger partial charge in [-0.1, -0.05) is 12.1 Å². The van der Waals surface area contributed by atoms with Gasteiger partial charge in [-0.2, -0.15) is 0 Å². The van der Waals surface area contributed by atoms with Gasteiger partial charge in [0.05, 0.1) is 0 Å². The molecule has 1 aliphatic heterocycles. The molecular weight excluding hydrogens is 288 g/mol. The van der Waals surface area contributed by atoms with Crippen molar-refractivity contribution < 1.29 is 9.21 Å². The van der Waals surface area contributed by atoms with E-state index in [9.17, 15) is 4.79 Å². The van der Waals surface area contributed by atoms with Crippen LogP contribution in [-0.4, -0.2) is 37.0 Å². The molecule has 2 heterocycles. The molecule has 1 saturated heterocycles. The summed E-state index contributed by atoms with van der Waals surface area (Å²) in [4.78, 5) is 16.4. The maximum absolute atomic E-state index is 12.3. The molecule has 21 heavy (non-hydrogen) atoms. The van der Waals surface area contributed by atoms with Gasteiger partial charge in [-0.3, -0.25) is 4.79 Å². The number of carbonyl (C=O) groups excluding carboxylic acids is 1. The molecule has 1 fully saturated rings. The van der Waals surface area contributed by atoms with Gasteiger partial charge in [-0.05, 0) is 48.4 Å². The Morgan fingerprint density at radius 3 is 2.52 bits per heavy atom. The summed E-state index contributed by atoms with van der Waals surface area (Å²) in [6.07, 6.45) is 0. The number of nitrogens with zero attached hydrogens (tertiary/aromatic N) is 2. The van der Waals surface area contributed by atoms with Crippen molar-refractivity contribution in [2.45, 2.75) is 6.92 Å². The molecule has 3 rings (SSSR count). The van der Waals surface area contributed by atoms with Crippen molar-refractivity contribution in [2.24, 2.45) is 0 Å². The van der Waals surface area contributed by atoms with Crippen LogP contribution in [0.5, 0.6) is 0 Å². The second-order valence-electron chi connectivity index (χ2n) is 5.22. The van der Waals surface area contributed by atoms with Gasteiger partial charge >= 0.3 is 0 Å². The first kappa shape index (κ1) is 14.0. The van der Waals surface area contributed by atoms with E-state index in [1.165, 1.54) is 11.3 Å². The fourth-order valence-electron chi connectivity index (χ4n) is 2.58. The van der Waals surface area contributed by atoms with Gasteiger partial charge in [0.15, 0.2) is 11.0 Å². The Kier molecular flexibility index (Phi) is 3.88. The van der Waals surface area contributed by atoms with Crippen LogP contribution in [0, 0.1) is 6.92 Å². The van der Waals surface area contributed by atoms with E-state index in [2.05, 4.69) is 36.1 Å². The number of amides is 1. The number of rotatable bonds is 2. The highest BCUT2D eigenvalue weighted by atomic mass is 35.5. The first-order valence-electron chi connectivity index (χ1n) is 7.00. The van der Waals surface area contributed by atoms with E-state index >= 15 is 0 Å². The summed E-state index contributed by atoms with van der Waals surface area (Å²) in [5.74, 6) is 0.217. The van der Waals surface area contributed by atoms with E-state index in [-0.39, 0.29) is 11.1 Å². The van der Waals surface area contributed by atoms with E-state index in [0.29, 0.717) is 18.8 Å². The molecule has 1 aromatic heterocycles. The molecular formula is C16H17ClN2O2. The van der Waals surface area contributed by atoms with Gasteiger partial charge in [-0.25, -0.2) is 0 Å².